The van der Waals surface area contributed by atoms with E-state index in [9.17, 15) is 0 Å². The lowest BCUT2D eigenvalue weighted by molar-refractivity contribution is 0.458. The quantitative estimate of drug-likeness (QED) is 0.576. The van der Waals surface area contributed by atoms with Gasteiger partial charge in [-0.05, 0) is 18.1 Å². The summed E-state index contributed by atoms with van der Waals surface area (Å²) < 4.78 is 3.03. The number of nitrogens with zero attached hydrogens (tertiary/aromatic N) is 1. The van der Waals surface area contributed by atoms with Gasteiger partial charge in [0.1, 0.15) is 16.5 Å². The average molecular weight is 312 g/mol. The lowest BCUT2D eigenvalue weighted by atomic mass is 10.0. The Labute approximate surface area is 129 Å². The smallest absolute Gasteiger partial charge is 0.118 e. The van der Waals surface area contributed by atoms with Gasteiger partial charge in [-0.15, -0.1) is 0 Å². The van der Waals surface area contributed by atoms with Crippen LogP contribution in [0.15, 0.2) is 0 Å². The van der Waals surface area contributed by atoms with Crippen molar-refractivity contribution in [3.8, 4) is 0 Å². The summed E-state index contributed by atoms with van der Waals surface area (Å²) in [6.45, 7) is 10.7. The molecule has 0 unspecified atom stereocenters. The molecule has 118 valence electrons. The van der Waals surface area contributed by atoms with Gasteiger partial charge in [-0.25, -0.2) is 0 Å². The lowest BCUT2D eigenvalue weighted by Crippen LogP contribution is -2.63. The molecule has 1 nitrogen and oxygen atoms in total. The van der Waals surface area contributed by atoms with Crippen molar-refractivity contribution in [3.05, 3.63) is 0 Å². The zero-order valence-electron chi connectivity index (χ0n) is 14.7. The Morgan fingerprint density at radius 2 is 0.900 bits per heavy atom. The highest BCUT2D eigenvalue weighted by molar-refractivity contribution is 6.91. The Hall–Kier alpha value is 0.394. The molecule has 0 bridgehead atoms. The molecule has 0 N–H and O–H groups in total. The summed E-state index contributed by atoms with van der Waals surface area (Å²) >= 11 is 0. The van der Waals surface area contributed by atoms with Crippen molar-refractivity contribution < 1.29 is 0 Å². The first-order chi connectivity index (χ1) is 9.37. The van der Waals surface area contributed by atoms with Crippen molar-refractivity contribution >= 4 is 16.5 Å². The Morgan fingerprint density at radius 3 is 1.20 bits per heavy atom. The van der Waals surface area contributed by atoms with E-state index >= 15 is 0 Å². The first kappa shape index (κ1) is 16.8. The lowest BCUT2D eigenvalue weighted by Gasteiger charge is -2.52. The molecule has 0 aromatic heterocycles. The van der Waals surface area contributed by atoms with Crippen LogP contribution in [0.4, 0.5) is 0 Å². The maximum absolute atomic E-state index is 3.03. The fourth-order valence-electron chi connectivity index (χ4n) is 4.91. The van der Waals surface area contributed by atoms with E-state index in [4.69, 9.17) is 0 Å². The first-order valence-electron chi connectivity index (χ1n) is 9.10. The van der Waals surface area contributed by atoms with Gasteiger partial charge in [0.05, 0.1) is 0 Å². The summed E-state index contributed by atoms with van der Waals surface area (Å²) in [5.41, 5.74) is 2.13. The molecule has 20 heavy (non-hydrogen) atoms. The van der Waals surface area contributed by atoms with Gasteiger partial charge in [0.15, 0.2) is 0 Å². The third kappa shape index (κ3) is 3.41. The van der Waals surface area contributed by atoms with E-state index in [0.717, 1.165) is 11.1 Å². The third-order valence-corrected chi connectivity index (χ3v) is 19.0. The van der Waals surface area contributed by atoms with Gasteiger partial charge in [0, 0.05) is 0 Å². The molecule has 2 saturated carbocycles. The fraction of sp³-hybridized carbons (Fsp3) is 1.00. The van der Waals surface area contributed by atoms with Crippen LogP contribution in [0.1, 0.15) is 64.2 Å². The van der Waals surface area contributed by atoms with Crippen LogP contribution in [-0.4, -0.2) is 27.7 Å². The molecule has 2 rings (SSSR count). The van der Waals surface area contributed by atoms with Gasteiger partial charge in [0.2, 0.25) is 0 Å². The molecule has 0 spiro atoms. The van der Waals surface area contributed by atoms with Crippen LogP contribution in [0.25, 0.3) is 0 Å². The van der Waals surface area contributed by atoms with E-state index in [1.165, 1.54) is 64.2 Å². The monoisotopic (exact) mass is 311 g/mol. The molecule has 0 aromatic carbocycles. The van der Waals surface area contributed by atoms with E-state index in [1.54, 1.807) is 0 Å². The van der Waals surface area contributed by atoms with Gasteiger partial charge in [-0.3, -0.25) is 0 Å². The standard InChI is InChI=1S/C17H37NSi2/c1-18(19(2,3)16-12-8-6-9-13-16)20(4,5)17-14-10-7-11-15-17/h16-17H,6-15H2,1-5H3. The topological polar surface area (TPSA) is 3.24 Å². The Balaban J connectivity index is 2.08. The van der Waals surface area contributed by atoms with Gasteiger partial charge >= 0.3 is 0 Å². The molecule has 0 aliphatic heterocycles. The minimum atomic E-state index is -1.23. The van der Waals surface area contributed by atoms with E-state index in [-0.39, 0.29) is 0 Å². The average Bonchev–Trinajstić information content (AvgIpc) is 2.48. The number of rotatable bonds is 4. The first-order valence-corrected chi connectivity index (χ1v) is 15.2. The summed E-state index contributed by atoms with van der Waals surface area (Å²) in [5.74, 6) is 0. The summed E-state index contributed by atoms with van der Waals surface area (Å²) in [6, 6.07) is 0. The minimum Gasteiger partial charge on any atom is -0.348 e. The molecule has 2 aliphatic rings. The number of hydrogen-bond donors (Lipinski definition) is 0. The van der Waals surface area contributed by atoms with Gasteiger partial charge < -0.3 is 4.23 Å². The summed E-state index contributed by atoms with van der Waals surface area (Å²) in [6.07, 6.45) is 15.1. The van der Waals surface area contributed by atoms with E-state index in [1.807, 2.05) is 0 Å². The predicted octanol–water partition coefficient (Wildman–Crippen LogP) is 6.00. The van der Waals surface area contributed by atoms with Crippen LogP contribution in [0, 0.1) is 0 Å². The van der Waals surface area contributed by atoms with Crippen LogP contribution >= 0.6 is 0 Å². The second-order valence-corrected chi connectivity index (χ2v) is 18.6. The van der Waals surface area contributed by atoms with E-state index < -0.39 is 16.5 Å². The van der Waals surface area contributed by atoms with Crippen molar-refractivity contribution in [1.82, 2.24) is 4.23 Å². The van der Waals surface area contributed by atoms with Gasteiger partial charge in [-0.2, -0.15) is 0 Å². The predicted molar refractivity (Wildman–Crippen MR) is 96.4 cm³/mol. The fourth-order valence-corrected chi connectivity index (χ4v) is 16.7. The van der Waals surface area contributed by atoms with Gasteiger partial charge in [0.25, 0.3) is 0 Å². The van der Waals surface area contributed by atoms with Crippen LogP contribution < -0.4 is 0 Å². The molecule has 0 heterocycles. The highest BCUT2D eigenvalue weighted by atomic mass is 28.4. The second kappa shape index (κ2) is 6.66. The largest absolute Gasteiger partial charge is 0.348 e. The molecule has 3 heteroatoms. The normalized spacial score (nSPS) is 24.3. The molecule has 0 aromatic rings. The SMILES string of the molecule is CN([Si](C)(C)C1CCCCC1)[Si](C)(C)C1CCCCC1. The minimum absolute atomic E-state index is 1.07. The third-order valence-electron chi connectivity index (χ3n) is 6.94. The molecule has 2 aliphatic carbocycles. The Kier molecular flexibility index (Phi) is 5.58. The maximum atomic E-state index is 3.03. The van der Waals surface area contributed by atoms with Crippen LogP contribution in [0.2, 0.25) is 37.3 Å². The van der Waals surface area contributed by atoms with Crippen molar-refractivity contribution in [2.24, 2.45) is 0 Å². The van der Waals surface area contributed by atoms with Crippen LogP contribution in [0.3, 0.4) is 0 Å². The van der Waals surface area contributed by atoms with Crippen molar-refractivity contribution in [3.63, 3.8) is 0 Å². The van der Waals surface area contributed by atoms with E-state index in [2.05, 4.69) is 37.5 Å². The van der Waals surface area contributed by atoms with E-state index in [0.29, 0.717) is 0 Å². The summed E-state index contributed by atoms with van der Waals surface area (Å²) in [4.78, 5) is 0. The molecule has 0 amide bonds. The molecular weight excluding hydrogens is 274 g/mol. The Bertz CT molecular complexity index is 272. The zero-order valence-corrected chi connectivity index (χ0v) is 16.7. The molecular formula is C17H37NSi2. The highest BCUT2D eigenvalue weighted by Crippen LogP contribution is 2.44. The zero-order chi connectivity index (χ0) is 14.8. The van der Waals surface area contributed by atoms with Crippen molar-refractivity contribution in [2.75, 3.05) is 7.05 Å². The Morgan fingerprint density at radius 1 is 0.600 bits per heavy atom. The van der Waals surface area contributed by atoms with Crippen LogP contribution in [-0.2, 0) is 0 Å². The second-order valence-electron chi connectivity index (χ2n) is 8.54. The summed E-state index contributed by atoms with van der Waals surface area (Å²) in [7, 11) is 0.0690. The molecule has 0 radical (unpaired) electrons. The molecule has 0 saturated heterocycles. The van der Waals surface area contributed by atoms with Crippen molar-refractivity contribution in [2.45, 2.75) is 101 Å². The van der Waals surface area contributed by atoms with Crippen molar-refractivity contribution in [1.29, 1.82) is 0 Å². The highest BCUT2D eigenvalue weighted by Gasteiger charge is 2.46. The maximum Gasteiger partial charge on any atom is 0.118 e. The number of hydrogen-bond acceptors (Lipinski definition) is 1. The molecule has 2 fully saturated rings. The molecule has 0 atom stereocenters. The summed E-state index contributed by atoms with van der Waals surface area (Å²) in [5, 5.41) is 0. The van der Waals surface area contributed by atoms with Crippen LogP contribution in [0.5, 0.6) is 0 Å². The van der Waals surface area contributed by atoms with Gasteiger partial charge in [-0.1, -0.05) is 90.4 Å².